The molecule has 1 saturated carbocycles. The van der Waals surface area contributed by atoms with Crippen molar-refractivity contribution in [3.63, 3.8) is 0 Å². The minimum atomic E-state index is -0.903. The molecule has 3 saturated heterocycles. The fraction of sp³-hybridized carbons (Fsp3) is 0.457. The maximum Gasteiger partial charge on any atom is 0.319 e. The number of piperidine rings is 1. The van der Waals surface area contributed by atoms with E-state index in [0.29, 0.717) is 71.9 Å². The van der Waals surface area contributed by atoms with E-state index in [9.17, 15) is 13.9 Å². The van der Waals surface area contributed by atoms with Crippen LogP contribution in [0.3, 0.4) is 0 Å². The summed E-state index contributed by atoms with van der Waals surface area (Å²) in [4.78, 5) is 18.3. The van der Waals surface area contributed by atoms with E-state index in [1.807, 2.05) is 6.92 Å². The molecule has 2 aromatic heterocycles. The average molecular weight is 616 g/mol. The number of aromatic nitrogens is 3. The van der Waals surface area contributed by atoms with E-state index in [2.05, 4.69) is 26.3 Å². The van der Waals surface area contributed by atoms with Crippen molar-refractivity contribution in [2.24, 2.45) is 11.8 Å². The molecule has 10 heteroatoms. The average Bonchev–Trinajstić information content (AvgIpc) is 3.60. The summed E-state index contributed by atoms with van der Waals surface area (Å²) in [6, 6.07) is 5.77. The summed E-state index contributed by atoms with van der Waals surface area (Å²) < 4.78 is 52.0. The summed E-state index contributed by atoms with van der Waals surface area (Å²) in [6.07, 6.45) is 5.51. The van der Waals surface area contributed by atoms with Crippen LogP contribution in [0.5, 0.6) is 11.8 Å². The third kappa shape index (κ3) is 4.55. The number of fused-ring (bicyclic) bond motifs is 5. The fourth-order valence-electron chi connectivity index (χ4n) is 8.48. The summed E-state index contributed by atoms with van der Waals surface area (Å²) in [5.74, 6) is 0.0392. The Morgan fingerprint density at radius 1 is 1.07 bits per heavy atom. The van der Waals surface area contributed by atoms with Crippen LogP contribution in [-0.4, -0.2) is 69.5 Å². The summed E-state index contributed by atoms with van der Waals surface area (Å²) >= 11 is 0. The second-order valence-corrected chi connectivity index (χ2v) is 13.3. The Morgan fingerprint density at radius 3 is 2.64 bits per heavy atom. The van der Waals surface area contributed by atoms with E-state index in [-0.39, 0.29) is 35.1 Å². The van der Waals surface area contributed by atoms with E-state index < -0.39 is 23.3 Å². The van der Waals surface area contributed by atoms with Gasteiger partial charge in [0, 0.05) is 43.4 Å². The summed E-state index contributed by atoms with van der Waals surface area (Å²) in [7, 11) is 0. The minimum Gasteiger partial charge on any atom is -0.508 e. The number of phenols is 1. The standard InChI is InChI=1S/C35H36F3N5O2/c1-3-24-25-8-7-22(36)11-26(25)27(12-29(24)44)31-30(38)32-28(14-39-31)33(42-15-20-5-6-21(16-42)19(20)2)41-34(40-32)45-18-35-9-4-10-43(35)17-23(37)13-35/h7-8,11-12,14,20-21,23,44H,2-6,9-10,13,15-18H2,1H3/t20-,21+,23-,35+/m1/s1. The second-order valence-electron chi connectivity index (χ2n) is 13.3. The monoisotopic (exact) mass is 615 g/mol. The number of aryl methyl sites for hydroxylation is 1. The van der Waals surface area contributed by atoms with Crippen LogP contribution in [0.15, 0.2) is 42.6 Å². The van der Waals surface area contributed by atoms with Gasteiger partial charge in [-0.15, -0.1) is 0 Å². The number of halogens is 3. The summed E-state index contributed by atoms with van der Waals surface area (Å²) in [6.45, 7) is 9.09. The van der Waals surface area contributed by atoms with Gasteiger partial charge in [0.1, 0.15) is 41.4 Å². The van der Waals surface area contributed by atoms with Crippen LogP contribution in [-0.2, 0) is 6.42 Å². The lowest BCUT2D eigenvalue weighted by Gasteiger charge is -2.35. The Labute approximate surface area is 259 Å². The highest BCUT2D eigenvalue weighted by atomic mass is 19.1. The largest absolute Gasteiger partial charge is 0.508 e. The van der Waals surface area contributed by atoms with Crippen molar-refractivity contribution in [2.45, 2.75) is 57.2 Å². The van der Waals surface area contributed by atoms with Crippen molar-refractivity contribution in [1.29, 1.82) is 0 Å². The first-order chi connectivity index (χ1) is 21.7. The molecule has 0 amide bonds. The van der Waals surface area contributed by atoms with Crippen molar-refractivity contribution < 1.29 is 23.0 Å². The van der Waals surface area contributed by atoms with E-state index in [1.165, 1.54) is 23.8 Å². The number of phenolic OH excluding ortho intramolecular Hbond substituents is 1. The normalized spacial score (nSPS) is 26.4. The molecular weight excluding hydrogens is 579 g/mol. The number of nitrogens with zero attached hydrogens (tertiary/aromatic N) is 5. The molecule has 0 radical (unpaired) electrons. The summed E-state index contributed by atoms with van der Waals surface area (Å²) in [5, 5.41) is 12.4. The SMILES string of the molecule is C=C1[C@@H]2CC[C@H]1CN(c1nc(OC[C@@]34CCCN3C[C@H](F)C4)nc3c(F)c(-c4cc(O)c(CC)c5ccc(F)cc45)ncc13)C2. The van der Waals surface area contributed by atoms with Gasteiger partial charge in [-0.05, 0) is 79.5 Å². The Morgan fingerprint density at radius 2 is 1.87 bits per heavy atom. The zero-order valence-corrected chi connectivity index (χ0v) is 25.3. The smallest absolute Gasteiger partial charge is 0.319 e. The maximum atomic E-state index is 16.8. The van der Waals surface area contributed by atoms with Crippen molar-refractivity contribution in [3.8, 4) is 23.0 Å². The first kappa shape index (κ1) is 28.5. The van der Waals surface area contributed by atoms with Gasteiger partial charge in [-0.25, -0.2) is 13.2 Å². The molecule has 234 valence electrons. The molecule has 7 nitrogen and oxygen atoms in total. The molecule has 45 heavy (non-hydrogen) atoms. The molecule has 4 aromatic rings. The van der Waals surface area contributed by atoms with Crippen LogP contribution in [0.4, 0.5) is 19.0 Å². The highest BCUT2D eigenvalue weighted by molar-refractivity contribution is 6.01. The predicted octanol–water partition coefficient (Wildman–Crippen LogP) is 6.75. The number of hydrogen-bond donors (Lipinski definition) is 1. The highest BCUT2D eigenvalue weighted by Crippen LogP contribution is 2.45. The first-order valence-corrected chi connectivity index (χ1v) is 16.0. The lowest BCUT2D eigenvalue weighted by atomic mass is 9.93. The third-order valence-electron chi connectivity index (χ3n) is 10.8. The Hall–Kier alpha value is -3.92. The zero-order valence-electron chi connectivity index (χ0n) is 25.3. The quantitative estimate of drug-likeness (QED) is 0.241. The van der Waals surface area contributed by atoms with Gasteiger partial charge in [-0.3, -0.25) is 9.88 Å². The van der Waals surface area contributed by atoms with Crippen molar-refractivity contribution in [3.05, 3.63) is 59.8 Å². The van der Waals surface area contributed by atoms with Crippen LogP contribution in [0, 0.1) is 23.5 Å². The molecule has 8 rings (SSSR count). The minimum absolute atomic E-state index is 0.00701. The number of rotatable bonds is 6. The molecule has 5 heterocycles. The van der Waals surface area contributed by atoms with Gasteiger partial charge in [0.2, 0.25) is 0 Å². The van der Waals surface area contributed by atoms with Gasteiger partial charge in [-0.1, -0.05) is 25.1 Å². The van der Waals surface area contributed by atoms with Gasteiger partial charge in [-0.2, -0.15) is 9.97 Å². The Kier molecular flexibility index (Phi) is 6.71. The van der Waals surface area contributed by atoms with Gasteiger partial charge >= 0.3 is 6.01 Å². The zero-order chi connectivity index (χ0) is 31.0. The molecule has 1 N–H and O–H groups in total. The molecule has 4 atom stereocenters. The summed E-state index contributed by atoms with van der Waals surface area (Å²) in [5.41, 5.74) is 1.77. The topological polar surface area (TPSA) is 74.6 Å². The molecule has 0 spiro atoms. The van der Waals surface area contributed by atoms with Crippen LogP contribution in [0.2, 0.25) is 0 Å². The lowest BCUT2D eigenvalue weighted by Crippen LogP contribution is -2.43. The van der Waals surface area contributed by atoms with E-state index >= 15 is 4.39 Å². The van der Waals surface area contributed by atoms with Crippen LogP contribution >= 0.6 is 0 Å². The number of hydrogen-bond acceptors (Lipinski definition) is 7. The molecular formula is C35H36F3N5O2. The first-order valence-electron chi connectivity index (χ1n) is 16.0. The second kappa shape index (κ2) is 10.6. The lowest BCUT2D eigenvalue weighted by molar-refractivity contribution is 0.107. The molecule has 3 aliphatic heterocycles. The Balaban J connectivity index is 1.27. The number of alkyl halides is 1. The molecule has 2 bridgehead atoms. The molecule has 0 unspecified atom stereocenters. The van der Waals surface area contributed by atoms with Gasteiger partial charge in [0.15, 0.2) is 5.82 Å². The van der Waals surface area contributed by atoms with Gasteiger partial charge < -0.3 is 14.7 Å². The van der Waals surface area contributed by atoms with Crippen molar-refractivity contribution in [1.82, 2.24) is 19.9 Å². The third-order valence-corrected chi connectivity index (χ3v) is 10.8. The van der Waals surface area contributed by atoms with E-state index in [0.717, 1.165) is 32.2 Å². The van der Waals surface area contributed by atoms with Crippen LogP contribution < -0.4 is 9.64 Å². The molecule has 4 fully saturated rings. The van der Waals surface area contributed by atoms with Gasteiger partial charge in [0.05, 0.1) is 10.9 Å². The van der Waals surface area contributed by atoms with E-state index in [1.54, 1.807) is 12.3 Å². The number of aromatic hydroxyl groups is 1. The Bertz CT molecular complexity index is 1850. The highest BCUT2D eigenvalue weighted by Gasteiger charge is 2.49. The number of pyridine rings is 1. The maximum absolute atomic E-state index is 16.8. The molecule has 2 aromatic carbocycles. The number of benzene rings is 2. The van der Waals surface area contributed by atoms with Crippen molar-refractivity contribution >= 4 is 27.5 Å². The number of ether oxygens (including phenoxy) is 1. The molecule has 1 aliphatic carbocycles. The van der Waals surface area contributed by atoms with Crippen LogP contribution in [0.1, 0.15) is 44.6 Å². The van der Waals surface area contributed by atoms with E-state index in [4.69, 9.17) is 9.72 Å². The van der Waals surface area contributed by atoms with Crippen molar-refractivity contribution in [2.75, 3.05) is 37.7 Å². The number of anilines is 1. The predicted molar refractivity (Wildman–Crippen MR) is 167 cm³/mol. The van der Waals surface area contributed by atoms with Crippen LogP contribution in [0.25, 0.3) is 32.9 Å². The van der Waals surface area contributed by atoms with Gasteiger partial charge in [0.25, 0.3) is 0 Å². The molecule has 4 aliphatic rings. The fourth-order valence-corrected chi connectivity index (χ4v) is 8.48.